The van der Waals surface area contributed by atoms with E-state index in [0.717, 1.165) is 16.7 Å². The van der Waals surface area contributed by atoms with E-state index in [4.69, 9.17) is 18.6 Å². The van der Waals surface area contributed by atoms with Crippen molar-refractivity contribution in [2.75, 3.05) is 6.61 Å². The number of ether oxygens (including phenoxy) is 3. The van der Waals surface area contributed by atoms with E-state index in [1.165, 1.54) is 24.5 Å². The van der Waals surface area contributed by atoms with Crippen LogP contribution < -0.4 is 14.9 Å². The highest BCUT2D eigenvalue weighted by molar-refractivity contribution is 5.80. The van der Waals surface area contributed by atoms with Crippen LogP contribution in [0.5, 0.6) is 17.2 Å². The first-order valence-electron chi connectivity index (χ1n) is 8.55. The molecule has 2 aromatic carbocycles. The third kappa shape index (κ3) is 3.95. The fourth-order valence-electron chi connectivity index (χ4n) is 2.69. The zero-order chi connectivity index (χ0) is 19.6. The van der Waals surface area contributed by atoms with Crippen molar-refractivity contribution in [3.05, 3.63) is 63.5 Å². The predicted molar refractivity (Wildman–Crippen MR) is 101 cm³/mol. The Kier molecular flexibility index (Phi) is 5.16. The highest BCUT2D eigenvalue weighted by Crippen LogP contribution is 2.28. The molecule has 140 valence electrons. The van der Waals surface area contributed by atoms with E-state index >= 15 is 0 Å². The minimum Gasteiger partial charge on any atom is -0.460 e. The summed E-state index contributed by atoms with van der Waals surface area (Å²) >= 11 is 0. The van der Waals surface area contributed by atoms with Gasteiger partial charge in [0.15, 0.2) is 0 Å². The zero-order valence-corrected chi connectivity index (χ0v) is 15.6. The largest absolute Gasteiger partial charge is 0.513 e. The molecule has 6 nitrogen and oxygen atoms in total. The molecule has 1 aromatic heterocycles. The average Bonchev–Trinajstić information content (AvgIpc) is 2.61. The smallest absolute Gasteiger partial charge is 0.460 e. The minimum atomic E-state index is -0.815. The Hall–Kier alpha value is -3.28. The lowest BCUT2D eigenvalue weighted by Crippen LogP contribution is -2.10. The summed E-state index contributed by atoms with van der Waals surface area (Å²) in [6.07, 6.45) is 0.445. The fourth-order valence-corrected chi connectivity index (χ4v) is 2.69. The zero-order valence-electron chi connectivity index (χ0n) is 15.6. The number of benzene rings is 2. The number of carbonyl (C=O) groups is 1. The van der Waals surface area contributed by atoms with Gasteiger partial charge in [-0.1, -0.05) is 6.07 Å². The molecule has 0 radical (unpaired) electrons. The highest BCUT2D eigenvalue weighted by Gasteiger charge is 2.13. The van der Waals surface area contributed by atoms with Crippen LogP contribution in [0.3, 0.4) is 0 Å². The molecule has 1 heterocycles. The number of hydrogen-bond donors (Lipinski definition) is 0. The van der Waals surface area contributed by atoms with Crippen LogP contribution in [-0.4, -0.2) is 12.8 Å². The second-order valence-electron chi connectivity index (χ2n) is 6.18. The molecular weight excluding hydrogens is 348 g/mol. The lowest BCUT2D eigenvalue weighted by atomic mass is 10.1. The van der Waals surface area contributed by atoms with Crippen molar-refractivity contribution in [1.29, 1.82) is 0 Å². The monoisotopic (exact) mass is 368 g/mol. The van der Waals surface area contributed by atoms with Crippen molar-refractivity contribution >= 4 is 17.1 Å². The minimum absolute atomic E-state index is 0.0923. The second kappa shape index (κ2) is 7.53. The SMILES string of the molecule is CCOC(=O)Oc1ccc2c(=O)c(Oc3cc(C)cc(C)c3C)coc2c1. The maximum atomic E-state index is 12.7. The lowest BCUT2D eigenvalue weighted by Gasteiger charge is -2.12. The van der Waals surface area contributed by atoms with Crippen LogP contribution in [0.2, 0.25) is 0 Å². The Morgan fingerprint density at radius 1 is 1.07 bits per heavy atom. The van der Waals surface area contributed by atoms with Gasteiger partial charge in [-0.2, -0.15) is 0 Å². The van der Waals surface area contributed by atoms with E-state index in [0.29, 0.717) is 11.1 Å². The van der Waals surface area contributed by atoms with Crippen LogP contribution in [0.15, 0.2) is 45.8 Å². The maximum absolute atomic E-state index is 12.7. The molecule has 0 saturated heterocycles. The van der Waals surface area contributed by atoms with Gasteiger partial charge < -0.3 is 18.6 Å². The Morgan fingerprint density at radius 2 is 1.85 bits per heavy atom. The summed E-state index contributed by atoms with van der Waals surface area (Å²) in [5.74, 6) is 0.930. The van der Waals surface area contributed by atoms with Gasteiger partial charge in [-0.3, -0.25) is 4.79 Å². The van der Waals surface area contributed by atoms with Gasteiger partial charge in [0.25, 0.3) is 0 Å². The van der Waals surface area contributed by atoms with Crippen LogP contribution in [0.4, 0.5) is 4.79 Å². The summed E-state index contributed by atoms with van der Waals surface area (Å²) in [6.45, 7) is 7.78. The number of fused-ring (bicyclic) bond motifs is 1. The van der Waals surface area contributed by atoms with Crippen molar-refractivity contribution in [2.45, 2.75) is 27.7 Å². The second-order valence-corrected chi connectivity index (χ2v) is 6.18. The van der Waals surface area contributed by atoms with Gasteiger partial charge in [0.05, 0.1) is 12.0 Å². The van der Waals surface area contributed by atoms with E-state index in [1.54, 1.807) is 6.92 Å². The summed E-state index contributed by atoms with van der Waals surface area (Å²) in [5.41, 5.74) is 3.05. The fraction of sp³-hybridized carbons (Fsp3) is 0.238. The molecule has 27 heavy (non-hydrogen) atoms. The molecule has 0 aliphatic heterocycles. The average molecular weight is 368 g/mol. The molecule has 3 rings (SSSR count). The van der Waals surface area contributed by atoms with E-state index < -0.39 is 6.16 Å². The van der Waals surface area contributed by atoms with Gasteiger partial charge in [-0.25, -0.2) is 4.79 Å². The van der Waals surface area contributed by atoms with Gasteiger partial charge >= 0.3 is 6.16 Å². The van der Waals surface area contributed by atoms with Crippen molar-refractivity contribution in [1.82, 2.24) is 0 Å². The van der Waals surface area contributed by atoms with Gasteiger partial charge in [0.2, 0.25) is 11.2 Å². The Bertz CT molecular complexity index is 1060. The van der Waals surface area contributed by atoms with Crippen LogP contribution >= 0.6 is 0 Å². The molecule has 0 unspecified atom stereocenters. The first-order valence-corrected chi connectivity index (χ1v) is 8.55. The summed E-state index contributed by atoms with van der Waals surface area (Å²) in [5, 5.41) is 0.325. The lowest BCUT2D eigenvalue weighted by molar-refractivity contribution is 0.104. The van der Waals surface area contributed by atoms with Crippen LogP contribution in [-0.2, 0) is 4.74 Å². The van der Waals surface area contributed by atoms with Gasteiger partial charge in [0.1, 0.15) is 23.3 Å². The van der Waals surface area contributed by atoms with Gasteiger partial charge in [-0.05, 0) is 62.6 Å². The third-order valence-corrected chi connectivity index (χ3v) is 4.16. The number of rotatable bonds is 4. The number of aryl methyl sites for hydroxylation is 2. The normalized spacial score (nSPS) is 10.7. The Balaban J connectivity index is 1.94. The first-order chi connectivity index (χ1) is 12.9. The molecule has 0 fully saturated rings. The topological polar surface area (TPSA) is 75.0 Å². The van der Waals surface area contributed by atoms with Crippen LogP contribution in [0.25, 0.3) is 11.0 Å². The third-order valence-electron chi connectivity index (χ3n) is 4.16. The van der Waals surface area contributed by atoms with E-state index in [-0.39, 0.29) is 29.1 Å². The van der Waals surface area contributed by atoms with Crippen LogP contribution in [0, 0.1) is 20.8 Å². The molecule has 0 N–H and O–H groups in total. The molecule has 0 saturated carbocycles. The highest BCUT2D eigenvalue weighted by atomic mass is 16.7. The van der Waals surface area contributed by atoms with Crippen LogP contribution in [0.1, 0.15) is 23.6 Å². The molecule has 0 aliphatic rings. The molecule has 0 amide bonds. The molecule has 3 aromatic rings. The molecule has 0 aliphatic carbocycles. The van der Waals surface area contributed by atoms with Crippen molar-refractivity contribution in [2.24, 2.45) is 0 Å². The van der Waals surface area contributed by atoms with Crippen molar-refractivity contribution in [3.8, 4) is 17.2 Å². The summed E-state index contributed by atoms with van der Waals surface area (Å²) in [6, 6.07) is 8.41. The molecule has 0 spiro atoms. The quantitative estimate of drug-likeness (QED) is 0.474. The Morgan fingerprint density at radius 3 is 2.59 bits per heavy atom. The maximum Gasteiger partial charge on any atom is 0.513 e. The predicted octanol–water partition coefficient (Wildman–Crippen LogP) is 5.05. The summed E-state index contributed by atoms with van der Waals surface area (Å²) < 4.78 is 21.1. The molecular formula is C21H20O6. The first kappa shape index (κ1) is 18.5. The molecule has 6 heteroatoms. The Labute approximate surface area is 156 Å². The number of carbonyl (C=O) groups excluding carboxylic acids is 1. The summed E-state index contributed by atoms with van der Waals surface area (Å²) in [4.78, 5) is 24.1. The van der Waals surface area contributed by atoms with E-state index in [9.17, 15) is 9.59 Å². The van der Waals surface area contributed by atoms with Crippen molar-refractivity contribution in [3.63, 3.8) is 0 Å². The van der Waals surface area contributed by atoms with E-state index in [1.807, 2.05) is 26.8 Å². The van der Waals surface area contributed by atoms with Gasteiger partial charge in [0, 0.05) is 6.07 Å². The standard InChI is InChI=1S/C21H20O6/c1-5-24-21(23)26-15-6-7-16-18(10-15)25-11-19(20(16)22)27-17-9-12(2)8-13(3)14(17)4/h6-11H,5H2,1-4H3. The van der Waals surface area contributed by atoms with E-state index in [2.05, 4.69) is 6.07 Å². The van der Waals surface area contributed by atoms with Gasteiger partial charge in [-0.15, -0.1) is 0 Å². The number of hydrogen-bond acceptors (Lipinski definition) is 6. The van der Waals surface area contributed by atoms with Crippen molar-refractivity contribution < 1.29 is 23.4 Å². The molecule has 0 atom stereocenters. The molecule has 0 bridgehead atoms. The summed E-state index contributed by atoms with van der Waals surface area (Å²) in [7, 11) is 0.